The van der Waals surface area contributed by atoms with E-state index in [1.165, 1.54) is 6.07 Å². The number of amides is 1. The van der Waals surface area contributed by atoms with E-state index in [1.54, 1.807) is 24.3 Å². The van der Waals surface area contributed by atoms with Crippen molar-refractivity contribution in [1.29, 1.82) is 0 Å². The van der Waals surface area contributed by atoms with E-state index in [2.05, 4.69) is 15.5 Å². The van der Waals surface area contributed by atoms with Gasteiger partial charge < -0.3 is 0 Å². The minimum absolute atomic E-state index is 0.132. The molecule has 2 aromatic carbocycles. The van der Waals surface area contributed by atoms with E-state index in [4.69, 9.17) is 11.6 Å². The number of benzene rings is 2. The van der Waals surface area contributed by atoms with E-state index >= 15 is 0 Å². The molecule has 0 saturated heterocycles. The summed E-state index contributed by atoms with van der Waals surface area (Å²) in [7, 11) is 0. The summed E-state index contributed by atoms with van der Waals surface area (Å²) in [6, 6.07) is 10.2. The maximum absolute atomic E-state index is 13.6. The van der Waals surface area contributed by atoms with Crippen molar-refractivity contribution in [1.82, 2.24) is 10.2 Å². The molecule has 0 bridgehead atoms. The first-order valence-electron chi connectivity index (χ1n) is 6.39. The van der Waals surface area contributed by atoms with Crippen LogP contribution in [0.1, 0.15) is 10.4 Å². The maximum atomic E-state index is 13.6. The minimum atomic E-state index is -0.943. The molecule has 1 aromatic heterocycles. The summed E-state index contributed by atoms with van der Waals surface area (Å²) in [4.78, 5) is 12.0. The molecule has 0 aliphatic carbocycles. The highest BCUT2D eigenvalue weighted by molar-refractivity contribution is 7.18. The van der Waals surface area contributed by atoms with Crippen molar-refractivity contribution in [3.05, 3.63) is 64.7 Å². The zero-order valence-electron chi connectivity index (χ0n) is 11.4. The first-order chi connectivity index (χ1) is 11.0. The van der Waals surface area contributed by atoms with Crippen LogP contribution in [0.4, 0.5) is 13.9 Å². The Labute approximate surface area is 138 Å². The third kappa shape index (κ3) is 3.35. The van der Waals surface area contributed by atoms with Crippen LogP contribution >= 0.6 is 22.9 Å². The summed E-state index contributed by atoms with van der Waals surface area (Å²) >= 11 is 6.98. The molecule has 0 fully saturated rings. The van der Waals surface area contributed by atoms with Crippen LogP contribution in [0.3, 0.4) is 0 Å². The average molecular weight is 352 g/mol. The first-order valence-corrected chi connectivity index (χ1v) is 7.59. The number of carbonyl (C=O) groups excluding carboxylic acids is 1. The SMILES string of the molecule is O=C(Nc1nnc(-c2cccc(Cl)c2)s1)c1c(F)cccc1F. The number of nitrogens with one attached hydrogen (secondary N) is 1. The van der Waals surface area contributed by atoms with Gasteiger partial charge in [0.25, 0.3) is 5.91 Å². The lowest BCUT2D eigenvalue weighted by Crippen LogP contribution is -2.15. The molecule has 1 N–H and O–H groups in total. The van der Waals surface area contributed by atoms with Gasteiger partial charge in [-0.25, -0.2) is 8.78 Å². The zero-order chi connectivity index (χ0) is 16.4. The van der Waals surface area contributed by atoms with Crippen LogP contribution < -0.4 is 5.32 Å². The van der Waals surface area contributed by atoms with E-state index < -0.39 is 23.1 Å². The van der Waals surface area contributed by atoms with Crippen LogP contribution in [0, 0.1) is 11.6 Å². The summed E-state index contributed by atoms with van der Waals surface area (Å²) in [5, 5.41) is 11.3. The Morgan fingerprint density at radius 2 is 1.78 bits per heavy atom. The van der Waals surface area contributed by atoms with Crippen LogP contribution in [0.25, 0.3) is 10.6 Å². The number of halogens is 3. The van der Waals surface area contributed by atoms with E-state index in [-0.39, 0.29) is 5.13 Å². The fourth-order valence-corrected chi connectivity index (χ4v) is 2.81. The second-order valence-electron chi connectivity index (χ2n) is 4.47. The van der Waals surface area contributed by atoms with E-state index in [0.717, 1.165) is 29.0 Å². The lowest BCUT2D eigenvalue weighted by molar-refractivity contribution is 0.101. The van der Waals surface area contributed by atoms with Gasteiger partial charge in [-0.1, -0.05) is 41.1 Å². The largest absolute Gasteiger partial charge is 0.296 e. The molecule has 4 nitrogen and oxygen atoms in total. The molecule has 1 amide bonds. The van der Waals surface area contributed by atoms with Gasteiger partial charge in [-0.05, 0) is 24.3 Å². The molecule has 1 heterocycles. The summed E-state index contributed by atoms with van der Waals surface area (Å²) in [5.41, 5.74) is 0.0691. The average Bonchev–Trinajstić information content (AvgIpc) is 2.95. The fourth-order valence-electron chi connectivity index (χ4n) is 1.89. The normalized spacial score (nSPS) is 10.6. The molecule has 0 spiro atoms. The lowest BCUT2D eigenvalue weighted by atomic mass is 10.2. The predicted octanol–water partition coefficient (Wildman–Crippen LogP) is 4.39. The first kappa shape index (κ1) is 15.5. The summed E-state index contributed by atoms with van der Waals surface area (Å²) in [5.74, 6) is -2.81. The van der Waals surface area contributed by atoms with Crippen LogP contribution in [0.5, 0.6) is 0 Å². The molecule has 8 heteroatoms. The quantitative estimate of drug-likeness (QED) is 0.761. The summed E-state index contributed by atoms with van der Waals surface area (Å²) in [6.45, 7) is 0. The van der Waals surface area contributed by atoms with Gasteiger partial charge in [0.2, 0.25) is 5.13 Å². The second kappa shape index (κ2) is 6.39. The second-order valence-corrected chi connectivity index (χ2v) is 5.89. The third-order valence-corrected chi connectivity index (χ3v) is 4.03. The molecule has 0 aliphatic heterocycles. The minimum Gasteiger partial charge on any atom is -0.296 e. The van der Waals surface area contributed by atoms with Crippen LogP contribution in [-0.2, 0) is 0 Å². The molecule has 0 unspecified atom stereocenters. The van der Waals surface area contributed by atoms with Crippen molar-refractivity contribution in [3.63, 3.8) is 0 Å². The summed E-state index contributed by atoms with van der Waals surface area (Å²) < 4.78 is 27.1. The van der Waals surface area contributed by atoms with Gasteiger partial charge in [0.15, 0.2) is 0 Å². The smallest absolute Gasteiger partial charge is 0.263 e. The third-order valence-electron chi connectivity index (χ3n) is 2.91. The number of anilines is 1. The van der Waals surface area contributed by atoms with E-state index in [1.807, 2.05) is 0 Å². The van der Waals surface area contributed by atoms with Crippen molar-refractivity contribution < 1.29 is 13.6 Å². The molecule has 0 saturated carbocycles. The van der Waals surface area contributed by atoms with Gasteiger partial charge in [-0.2, -0.15) is 0 Å². The monoisotopic (exact) mass is 351 g/mol. The maximum Gasteiger partial charge on any atom is 0.263 e. The highest BCUT2D eigenvalue weighted by Gasteiger charge is 2.18. The highest BCUT2D eigenvalue weighted by atomic mass is 35.5. The van der Waals surface area contributed by atoms with Gasteiger partial charge in [-0.15, -0.1) is 10.2 Å². The van der Waals surface area contributed by atoms with Gasteiger partial charge in [-0.3, -0.25) is 10.1 Å². The number of carbonyl (C=O) groups is 1. The zero-order valence-corrected chi connectivity index (χ0v) is 13.0. The number of nitrogens with zero attached hydrogens (tertiary/aromatic N) is 2. The molecule has 0 atom stereocenters. The summed E-state index contributed by atoms with van der Waals surface area (Å²) in [6.07, 6.45) is 0. The Morgan fingerprint density at radius 3 is 2.48 bits per heavy atom. The molecule has 3 aromatic rings. The Hall–Kier alpha value is -2.38. The van der Waals surface area contributed by atoms with E-state index in [9.17, 15) is 13.6 Å². The van der Waals surface area contributed by atoms with Crippen molar-refractivity contribution in [2.24, 2.45) is 0 Å². The fraction of sp³-hybridized carbons (Fsp3) is 0. The van der Waals surface area contributed by atoms with Gasteiger partial charge >= 0.3 is 0 Å². The van der Waals surface area contributed by atoms with Crippen molar-refractivity contribution in [2.45, 2.75) is 0 Å². The Balaban J connectivity index is 1.83. The Morgan fingerprint density at radius 1 is 1.09 bits per heavy atom. The predicted molar refractivity (Wildman–Crippen MR) is 84.7 cm³/mol. The van der Waals surface area contributed by atoms with Crippen molar-refractivity contribution in [3.8, 4) is 10.6 Å². The molecule has 0 aliphatic rings. The topological polar surface area (TPSA) is 54.9 Å². The Kier molecular flexibility index (Phi) is 4.31. The lowest BCUT2D eigenvalue weighted by Gasteiger charge is -2.03. The standard InChI is InChI=1S/C15H8ClF2N3OS/c16-9-4-1-3-8(7-9)14-20-21-15(23-14)19-13(22)12-10(17)5-2-6-11(12)18/h1-7H,(H,19,21,22). The number of rotatable bonds is 3. The molecule has 116 valence electrons. The van der Waals surface area contributed by atoms with Gasteiger partial charge in [0.1, 0.15) is 22.2 Å². The molecule has 0 radical (unpaired) electrons. The van der Waals surface area contributed by atoms with Crippen molar-refractivity contribution >= 4 is 34.0 Å². The number of aromatic nitrogens is 2. The van der Waals surface area contributed by atoms with Crippen LogP contribution in [-0.4, -0.2) is 16.1 Å². The molecular formula is C15H8ClF2N3OS. The van der Waals surface area contributed by atoms with Gasteiger partial charge in [0.05, 0.1) is 0 Å². The molecule has 3 rings (SSSR count). The van der Waals surface area contributed by atoms with Crippen LogP contribution in [0.2, 0.25) is 5.02 Å². The van der Waals surface area contributed by atoms with Gasteiger partial charge in [0, 0.05) is 10.6 Å². The molecule has 23 heavy (non-hydrogen) atoms. The van der Waals surface area contributed by atoms with E-state index in [0.29, 0.717) is 10.0 Å². The highest BCUT2D eigenvalue weighted by Crippen LogP contribution is 2.28. The number of hydrogen-bond donors (Lipinski definition) is 1. The van der Waals surface area contributed by atoms with Crippen LogP contribution in [0.15, 0.2) is 42.5 Å². The number of hydrogen-bond acceptors (Lipinski definition) is 4. The Bertz CT molecular complexity index is 864. The molecular weight excluding hydrogens is 344 g/mol. The van der Waals surface area contributed by atoms with Crippen molar-refractivity contribution in [2.75, 3.05) is 5.32 Å².